The minimum atomic E-state index is 0.389. The van der Waals surface area contributed by atoms with E-state index >= 15 is 0 Å². The predicted molar refractivity (Wildman–Crippen MR) is 80.1 cm³/mol. The zero-order chi connectivity index (χ0) is 13.4. The highest BCUT2D eigenvalue weighted by atomic mass is 16.5. The van der Waals surface area contributed by atoms with Crippen molar-refractivity contribution >= 4 is 0 Å². The normalized spacial score (nSPS) is 32.5. The van der Waals surface area contributed by atoms with E-state index in [9.17, 15) is 0 Å². The van der Waals surface area contributed by atoms with Gasteiger partial charge in [-0.3, -0.25) is 4.90 Å². The second-order valence-corrected chi connectivity index (χ2v) is 6.50. The van der Waals surface area contributed by atoms with Gasteiger partial charge in [0.1, 0.15) is 0 Å². The van der Waals surface area contributed by atoms with Crippen molar-refractivity contribution in [3.8, 4) is 0 Å². The molecule has 0 amide bonds. The molecule has 2 heterocycles. The van der Waals surface area contributed by atoms with Crippen LogP contribution in [0.3, 0.4) is 0 Å². The zero-order valence-electron chi connectivity index (χ0n) is 12.1. The molecule has 1 aromatic carbocycles. The predicted octanol–water partition coefficient (Wildman–Crippen LogP) is 1.78. The topological polar surface area (TPSA) is 24.5 Å². The first-order chi connectivity index (χ1) is 9.90. The lowest BCUT2D eigenvalue weighted by molar-refractivity contribution is -0.0470. The van der Waals surface area contributed by atoms with Gasteiger partial charge in [0.05, 0.1) is 12.7 Å². The largest absolute Gasteiger partial charge is 0.374 e. The van der Waals surface area contributed by atoms with Crippen molar-refractivity contribution in [1.29, 1.82) is 0 Å². The molecular weight excluding hydrogens is 248 g/mol. The summed E-state index contributed by atoms with van der Waals surface area (Å²) in [7, 11) is 0. The van der Waals surface area contributed by atoms with Gasteiger partial charge in [0, 0.05) is 31.6 Å². The van der Waals surface area contributed by atoms with E-state index in [-0.39, 0.29) is 0 Å². The summed E-state index contributed by atoms with van der Waals surface area (Å²) in [6.07, 6.45) is 4.31. The van der Waals surface area contributed by atoms with Crippen LogP contribution in [0.5, 0.6) is 0 Å². The van der Waals surface area contributed by atoms with Crippen LogP contribution in [0.15, 0.2) is 24.3 Å². The molecular formula is C17H24N2O. The van der Waals surface area contributed by atoms with Crippen molar-refractivity contribution in [3.05, 3.63) is 35.4 Å². The van der Waals surface area contributed by atoms with Gasteiger partial charge in [-0.05, 0) is 36.9 Å². The van der Waals surface area contributed by atoms with Crippen LogP contribution in [0.4, 0.5) is 0 Å². The third-order valence-corrected chi connectivity index (χ3v) is 5.19. The van der Waals surface area contributed by atoms with Crippen molar-refractivity contribution in [3.63, 3.8) is 0 Å². The maximum absolute atomic E-state index is 5.99. The Morgan fingerprint density at radius 2 is 2.20 bits per heavy atom. The Morgan fingerprint density at radius 3 is 3.15 bits per heavy atom. The van der Waals surface area contributed by atoms with E-state index in [1.54, 1.807) is 5.56 Å². The minimum absolute atomic E-state index is 0.389. The van der Waals surface area contributed by atoms with Crippen molar-refractivity contribution < 1.29 is 4.74 Å². The average molecular weight is 272 g/mol. The van der Waals surface area contributed by atoms with Crippen LogP contribution in [0, 0.1) is 0 Å². The summed E-state index contributed by atoms with van der Waals surface area (Å²) in [5.74, 6) is 0.717. The number of rotatable bonds is 4. The molecule has 2 aliphatic heterocycles. The minimum Gasteiger partial charge on any atom is -0.374 e. The zero-order valence-corrected chi connectivity index (χ0v) is 12.1. The standard InChI is InChI=1S/C17H24N2O/c1-2-6-17-13(4-1)8-14(17)9-18-10-16-11-19-7-3-5-15(19)12-20-16/h1-2,4,6,14-16,18H,3,5,7-12H2. The molecule has 0 bridgehead atoms. The summed E-state index contributed by atoms with van der Waals surface area (Å²) in [5.41, 5.74) is 3.08. The van der Waals surface area contributed by atoms with Gasteiger partial charge >= 0.3 is 0 Å². The molecule has 3 nitrogen and oxygen atoms in total. The van der Waals surface area contributed by atoms with E-state index in [2.05, 4.69) is 34.5 Å². The van der Waals surface area contributed by atoms with Crippen LogP contribution < -0.4 is 5.32 Å². The van der Waals surface area contributed by atoms with Crippen molar-refractivity contribution in [2.24, 2.45) is 0 Å². The van der Waals surface area contributed by atoms with Gasteiger partial charge in [-0.2, -0.15) is 0 Å². The number of hydrogen-bond acceptors (Lipinski definition) is 3. The molecule has 2 saturated heterocycles. The summed E-state index contributed by atoms with van der Waals surface area (Å²) in [6, 6.07) is 9.54. The summed E-state index contributed by atoms with van der Waals surface area (Å²) in [5, 5.41) is 3.63. The Balaban J connectivity index is 1.22. The number of morpholine rings is 1. The molecule has 20 heavy (non-hydrogen) atoms. The highest BCUT2D eigenvalue weighted by Crippen LogP contribution is 2.34. The molecule has 1 aliphatic carbocycles. The Kier molecular flexibility index (Phi) is 3.51. The van der Waals surface area contributed by atoms with Crippen LogP contribution in [-0.4, -0.2) is 49.8 Å². The molecule has 1 aromatic rings. The lowest BCUT2D eigenvalue weighted by atomic mass is 9.77. The van der Waals surface area contributed by atoms with E-state index in [4.69, 9.17) is 4.74 Å². The van der Waals surface area contributed by atoms with E-state index in [1.807, 2.05) is 0 Å². The van der Waals surface area contributed by atoms with Gasteiger partial charge in [0.15, 0.2) is 0 Å². The summed E-state index contributed by atoms with van der Waals surface area (Å²) in [4.78, 5) is 2.62. The van der Waals surface area contributed by atoms with Crippen LogP contribution in [0.25, 0.3) is 0 Å². The third kappa shape index (κ3) is 2.39. The van der Waals surface area contributed by atoms with Gasteiger partial charge in [0.2, 0.25) is 0 Å². The molecule has 0 aromatic heterocycles. The fraction of sp³-hybridized carbons (Fsp3) is 0.647. The van der Waals surface area contributed by atoms with Gasteiger partial charge in [-0.25, -0.2) is 0 Å². The summed E-state index contributed by atoms with van der Waals surface area (Å²) < 4.78 is 5.99. The van der Waals surface area contributed by atoms with E-state index in [1.165, 1.54) is 31.4 Å². The molecule has 108 valence electrons. The van der Waals surface area contributed by atoms with Gasteiger partial charge in [-0.15, -0.1) is 0 Å². The molecule has 3 atom stereocenters. The lowest BCUT2D eigenvalue weighted by Crippen LogP contribution is -2.49. The Morgan fingerprint density at radius 1 is 1.25 bits per heavy atom. The maximum atomic E-state index is 5.99. The van der Waals surface area contributed by atoms with Crippen LogP contribution in [-0.2, 0) is 11.2 Å². The van der Waals surface area contributed by atoms with E-state index in [0.29, 0.717) is 18.1 Å². The fourth-order valence-corrected chi connectivity index (χ4v) is 3.97. The first-order valence-electron chi connectivity index (χ1n) is 8.04. The van der Waals surface area contributed by atoms with E-state index < -0.39 is 0 Å². The van der Waals surface area contributed by atoms with E-state index in [0.717, 1.165) is 26.2 Å². The molecule has 3 aliphatic rings. The number of ether oxygens (including phenoxy) is 1. The molecule has 2 fully saturated rings. The Labute approximate surface area is 121 Å². The number of nitrogens with zero attached hydrogens (tertiary/aromatic N) is 1. The molecule has 0 saturated carbocycles. The molecule has 4 rings (SSSR count). The molecule has 0 radical (unpaired) electrons. The first-order valence-corrected chi connectivity index (χ1v) is 8.04. The highest BCUT2D eigenvalue weighted by molar-refractivity contribution is 5.40. The number of hydrogen-bond donors (Lipinski definition) is 1. The van der Waals surface area contributed by atoms with Crippen molar-refractivity contribution in [2.75, 3.05) is 32.8 Å². The lowest BCUT2D eigenvalue weighted by Gasteiger charge is -2.36. The molecule has 1 N–H and O–H groups in total. The highest BCUT2D eigenvalue weighted by Gasteiger charge is 2.32. The number of benzene rings is 1. The van der Waals surface area contributed by atoms with Crippen LogP contribution >= 0.6 is 0 Å². The van der Waals surface area contributed by atoms with Crippen molar-refractivity contribution in [2.45, 2.75) is 37.3 Å². The molecule has 3 heteroatoms. The van der Waals surface area contributed by atoms with Gasteiger partial charge in [0.25, 0.3) is 0 Å². The quantitative estimate of drug-likeness (QED) is 0.904. The number of nitrogens with one attached hydrogen (secondary N) is 1. The van der Waals surface area contributed by atoms with Gasteiger partial charge in [-0.1, -0.05) is 24.3 Å². The van der Waals surface area contributed by atoms with Gasteiger partial charge < -0.3 is 10.1 Å². The monoisotopic (exact) mass is 272 g/mol. The second-order valence-electron chi connectivity index (χ2n) is 6.50. The third-order valence-electron chi connectivity index (χ3n) is 5.19. The summed E-state index contributed by atoms with van der Waals surface area (Å²) >= 11 is 0. The smallest absolute Gasteiger partial charge is 0.0826 e. The maximum Gasteiger partial charge on any atom is 0.0826 e. The van der Waals surface area contributed by atoms with Crippen LogP contribution in [0.2, 0.25) is 0 Å². The van der Waals surface area contributed by atoms with Crippen molar-refractivity contribution in [1.82, 2.24) is 10.2 Å². The average Bonchev–Trinajstić information content (AvgIpc) is 2.91. The SMILES string of the molecule is c1ccc2c(c1)CC2CNCC1CN2CCCC2CO1. The second kappa shape index (κ2) is 5.47. The fourth-order valence-electron chi connectivity index (χ4n) is 3.97. The summed E-state index contributed by atoms with van der Waals surface area (Å²) in [6.45, 7) is 5.44. The Bertz CT molecular complexity index is 476. The molecule has 3 unspecified atom stereocenters. The number of fused-ring (bicyclic) bond motifs is 2. The van der Waals surface area contributed by atoms with Crippen LogP contribution in [0.1, 0.15) is 29.9 Å². The Hall–Kier alpha value is -0.900. The molecule has 0 spiro atoms. The first kappa shape index (κ1) is 12.8.